The quantitative estimate of drug-likeness (QED) is 0.822. The van der Waals surface area contributed by atoms with E-state index in [0.717, 1.165) is 24.3 Å². The van der Waals surface area contributed by atoms with Crippen LogP contribution in [0.15, 0.2) is 30.9 Å². The summed E-state index contributed by atoms with van der Waals surface area (Å²) in [5, 5.41) is 2.87. The first-order valence-electron chi connectivity index (χ1n) is 6.04. The van der Waals surface area contributed by atoms with E-state index in [4.69, 9.17) is 9.47 Å². The van der Waals surface area contributed by atoms with Gasteiger partial charge in [-0.2, -0.15) is 0 Å². The van der Waals surface area contributed by atoms with Gasteiger partial charge in [0.05, 0.1) is 0 Å². The van der Waals surface area contributed by atoms with Gasteiger partial charge in [0.15, 0.2) is 11.5 Å². The molecular weight excluding hydrogens is 230 g/mol. The minimum atomic E-state index is -0.123. The standard InChI is InChI=1S/C14H15NO3/c1-2-13(16)15-8-14(5-6-14)10-3-4-11-12(7-10)18-9-17-11/h2-4,7H,1,5-6,8-9H2,(H,15,16). The number of carbonyl (C=O) groups is 1. The molecule has 0 saturated heterocycles. The van der Waals surface area contributed by atoms with E-state index in [1.807, 2.05) is 12.1 Å². The molecule has 0 bridgehead atoms. The van der Waals surface area contributed by atoms with Crippen LogP contribution in [-0.2, 0) is 10.2 Å². The Balaban J connectivity index is 1.77. The van der Waals surface area contributed by atoms with E-state index >= 15 is 0 Å². The van der Waals surface area contributed by atoms with Crippen LogP contribution in [0.25, 0.3) is 0 Å². The predicted molar refractivity (Wildman–Crippen MR) is 66.7 cm³/mol. The van der Waals surface area contributed by atoms with Gasteiger partial charge in [-0.3, -0.25) is 4.79 Å². The molecule has 1 aromatic rings. The summed E-state index contributed by atoms with van der Waals surface area (Å²) in [4.78, 5) is 11.2. The van der Waals surface area contributed by atoms with Gasteiger partial charge in [0, 0.05) is 12.0 Å². The molecule has 1 saturated carbocycles. The van der Waals surface area contributed by atoms with E-state index in [2.05, 4.69) is 18.0 Å². The minimum absolute atomic E-state index is 0.0691. The van der Waals surface area contributed by atoms with Crippen LogP contribution >= 0.6 is 0 Å². The van der Waals surface area contributed by atoms with Crippen LogP contribution in [0.3, 0.4) is 0 Å². The van der Waals surface area contributed by atoms with Crippen molar-refractivity contribution in [2.75, 3.05) is 13.3 Å². The maximum absolute atomic E-state index is 11.2. The fraction of sp³-hybridized carbons (Fsp3) is 0.357. The number of nitrogens with one attached hydrogen (secondary N) is 1. The molecule has 3 rings (SSSR count). The summed E-state index contributed by atoms with van der Waals surface area (Å²) in [5.74, 6) is 1.47. The molecule has 0 radical (unpaired) electrons. The molecule has 1 aliphatic carbocycles. The number of carbonyl (C=O) groups excluding carboxylic acids is 1. The second kappa shape index (κ2) is 4.05. The van der Waals surface area contributed by atoms with E-state index in [1.165, 1.54) is 11.6 Å². The SMILES string of the molecule is C=CC(=O)NCC1(c2ccc3c(c2)OCO3)CC1. The average molecular weight is 245 g/mol. The van der Waals surface area contributed by atoms with Gasteiger partial charge < -0.3 is 14.8 Å². The smallest absolute Gasteiger partial charge is 0.243 e. The fourth-order valence-electron chi connectivity index (χ4n) is 2.27. The summed E-state index contributed by atoms with van der Waals surface area (Å²) >= 11 is 0. The average Bonchev–Trinajstić information content (AvgIpc) is 3.05. The monoisotopic (exact) mass is 245 g/mol. The van der Waals surface area contributed by atoms with Crippen LogP contribution in [0.2, 0.25) is 0 Å². The summed E-state index contributed by atoms with van der Waals surface area (Å²) in [6, 6.07) is 6.02. The topological polar surface area (TPSA) is 47.6 Å². The lowest BCUT2D eigenvalue weighted by molar-refractivity contribution is -0.116. The molecule has 1 heterocycles. The van der Waals surface area contributed by atoms with Crippen molar-refractivity contribution in [1.82, 2.24) is 5.32 Å². The minimum Gasteiger partial charge on any atom is -0.454 e. The van der Waals surface area contributed by atoms with Crippen molar-refractivity contribution in [3.05, 3.63) is 36.4 Å². The number of hydrogen-bond donors (Lipinski definition) is 1. The second-order valence-electron chi connectivity index (χ2n) is 4.77. The molecule has 0 aromatic heterocycles. The summed E-state index contributed by atoms with van der Waals surface area (Å²) in [6.07, 6.45) is 3.48. The van der Waals surface area contributed by atoms with Gasteiger partial charge in [0.25, 0.3) is 0 Å². The zero-order chi connectivity index (χ0) is 12.6. The first kappa shape index (κ1) is 11.1. The Bertz CT molecular complexity index is 506. The summed E-state index contributed by atoms with van der Waals surface area (Å²) in [5.41, 5.74) is 1.27. The van der Waals surface area contributed by atoms with E-state index in [0.29, 0.717) is 13.3 Å². The Morgan fingerprint density at radius 2 is 2.17 bits per heavy atom. The molecule has 0 atom stereocenters. The van der Waals surface area contributed by atoms with E-state index in [1.54, 1.807) is 0 Å². The second-order valence-corrected chi connectivity index (χ2v) is 4.77. The maximum atomic E-state index is 11.2. The Labute approximate surface area is 106 Å². The van der Waals surface area contributed by atoms with Crippen molar-refractivity contribution in [2.24, 2.45) is 0 Å². The summed E-state index contributed by atoms with van der Waals surface area (Å²) in [7, 11) is 0. The number of hydrogen-bond acceptors (Lipinski definition) is 3. The van der Waals surface area contributed by atoms with Crippen LogP contribution in [0.5, 0.6) is 11.5 Å². The highest BCUT2D eigenvalue weighted by Gasteiger charge is 2.44. The van der Waals surface area contributed by atoms with Gasteiger partial charge in [-0.1, -0.05) is 12.6 Å². The number of benzene rings is 1. The molecule has 1 fully saturated rings. The molecule has 0 spiro atoms. The van der Waals surface area contributed by atoms with E-state index < -0.39 is 0 Å². The van der Waals surface area contributed by atoms with Crippen molar-refractivity contribution in [3.63, 3.8) is 0 Å². The van der Waals surface area contributed by atoms with Crippen molar-refractivity contribution >= 4 is 5.91 Å². The normalized spacial score (nSPS) is 18.2. The Hall–Kier alpha value is -1.97. The Morgan fingerprint density at radius 1 is 1.39 bits per heavy atom. The Kier molecular flexibility index (Phi) is 2.51. The third-order valence-corrected chi connectivity index (χ3v) is 3.62. The molecule has 1 aromatic carbocycles. The zero-order valence-corrected chi connectivity index (χ0v) is 10.1. The van der Waals surface area contributed by atoms with Gasteiger partial charge in [-0.05, 0) is 36.6 Å². The number of amides is 1. The van der Waals surface area contributed by atoms with Gasteiger partial charge in [0.2, 0.25) is 12.7 Å². The number of ether oxygens (including phenoxy) is 2. The third-order valence-electron chi connectivity index (χ3n) is 3.62. The highest BCUT2D eigenvalue weighted by Crippen LogP contribution is 2.49. The molecule has 1 N–H and O–H groups in total. The zero-order valence-electron chi connectivity index (χ0n) is 10.1. The first-order valence-corrected chi connectivity index (χ1v) is 6.04. The van der Waals surface area contributed by atoms with Crippen molar-refractivity contribution < 1.29 is 14.3 Å². The lowest BCUT2D eigenvalue weighted by Gasteiger charge is -2.16. The lowest BCUT2D eigenvalue weighted by atomic mass is 9.95. The highest BCUT2D eigenvalue weighted by atomic mass is 16.7. The van der Waals surface area contributed by atoms with Crippen molar-refractivity contribution in [2.45, 2.75) is 18.3 Å². The molecule has 2 aliphatic rings. The van der Waals surface area contributed by atoms with Gasteiger partial charge in [-0.25, -0.2) is 0 Å². The Morgan fingerprint density at radius 3 is 2.89 bits per heavy atom. The van der Waals surface area contributed by atoms with Crippen LogP contribution < -0.4 is 14.8 Å². The summed E-state index contributed by atoms with van der Waals surface area (Å²) in [6.45, 7) is 4.39. The van der Waals surface area contributed by atoms with Gasteiger partial charge in [0.1, 0.15) is 0 Å². The van der Waals surface area contributed by atoms with E-state index in [9.17, 15) is 4.79 Å². The number of rotatable bonds is 4. The predicted octanol–water partition coefficient (Wildman–Crippen LogP) is 1.75. The maximum Gasteiger partial charge on any atom is 0.243 e. The van der Waals surface area contributed by atoms with Crippen LogP contribution in [0.1, 0.15) is 18.4 Å². The molecule has 18 heavy (non-hydrogen) atoms. The van der Waals surface area contributed by atoms with Gasteiger partial charge in [-0.15, -0.1) is 0 Å². The van der Waals surface area contributed by atoms with Crippen molar-refractivity contribution in [3.8, 4) is 11.5 Å². The molecule has 1 amide bonds. The largest absolute Gasteiger partial charge is 0.454 e. The van der Waals surface area contributed by atoms with Crippen LogP contribution in [-0.4, -0.2) is 19.2 Å². The lowest BCUT2D eigenvalue weighted by Crippen LogP contribution is -2.30. The molecular formula is C14H15NO3. The molecule has 94 valence electrons. The molecule has 4 nitrogen and oxygen atoms in total. The summed E-state index contributed by atoms with van der Waals surface area (Å²) < 4.78 is 10.7. The van der Waals surface area contributed by atoms with Crippen LogP contribution in [0, 0.1) is 0 Å². The van der Waals surface area contributed by atoms with Crippen molar-refractivity contribution in [1.29, 1.82) is 0 Å². The fourth-order valence-corrected chi connectivity index (χ4v) is 2.27. The van der Waals surface area contributed by atoms with E-state index in [-0.39, 0.29) is 11.3 Å². The third kappa shape index (κ3) is 1.83. The molecule has 4 heteroatoms. The molecule has 0 unspecified atom stereocenters. The van der Waals surface area contributed by atoms with Crippen LogP contribution in [0.4, 0.5) is 0 Å². The first-order chi connectivity index (χ1) is 8.73. The highest BCUT2D eigenvalue weighted by molar-refractivity contribution is 5.86. The van der Waals surface area contributed by atoms with Gasteiger partial charge >= 0.3 is 0 Å². The molecule has 1 aliphatic heterocycles. The number of fused-ring (bicyclic) bond motifs is 1.